The van der Waals surface area contributed by atoms with Gasteiger partial charge in [-0.05, 0) is 30.7 Å². The normalized spacial score (nSPS) is 11.5. The monoisotopic (exact) mass is 378 g/mol. The molecule has 26 heavy (non-hydrogen) atoms. The van der Waals surface area contributed by atoms with E-state index in [1.165, 1.54) is 18.2 Å². The Morgan fingerprint density at radius 1 is 1.23 bits per heavy atom. The number of aryl methyl sites for hydroxylation is 1. The number of amides is 1. The lowest BCUT2D eigenvalue weighted by Gasteiger charge is -2.07. The molecule has 1 N–H and O–H groups in total. The van der Waals surface area contributed by atoms with Gasteiger partial charge in [0.2, 0.25) is 5.03 Å². The number of ether oxygens (including phenoxy) is 1. The smallest absolute Gasteiger partial charge is 0.410 e. The summed E-state index contributed by atoms with van der Waals surface area (Å²) >= 11 is 0. The summed E-state index contributed by atoms with van der Waals surface area (Å²) in [6.07, 6.45) is 0.0910. The van der Waals surface area contributed by atoms with Crippen molar-refractivity contribution in [3.63, 3.8) is 0 Å². The number of para-hydroxylation sites is 1. The molecule has 0 aliphatic rings. The Bertz CT molecular complexity index is 1050. The summed E-state index contributed by atoms with van der Waals surface area (Å²) < 4.78 is 46.4. The molecule has 1 amide bonds. The summed E-state index contributed by atoms with van der Waals surface area (Å²) in [5.41, 5.74) is 0.583. The highest BCUT2D eigenvalue weighted by Crippen LogP contribution is 2.17. The van der Waals surface area contributed by atoms with E-state index in [4.69, 9.17) is 4.74 Å². The van der Waals surface area contributed by atoms with Crippen LogP contribution in [-0.4, -0.2) is 29.1 Å². The second-order valence-corrected chi connectivity index (χ2v) is 6.96. The molecule has 8 nitrogen and oxygen atoms in total. The van der Waals surface area contributed by atoms with Gasteiger partial charge < -0.3 is 4.74 Å². The molecule has 0 aliphatic heterocycles. The number of hydrogen-bond donors (Lipinski definition) is 1. The molecule has 3 rings (SSSR count). The van der Waals surface area contributed by atoms with Crippen molar-refractivity contribution >= 4 is 21.8 Å². The van der Waals surface area contributed by atoms with Gasteiger partial charge in [-0.25, -0.2) is 9.52 Å². The van der Waals surface area contributed by atoms with Crippen LogP contribution in [0.1, 0.15) is 19.0 Å². The second kappa shape index (κ2) is 7.08. The number of rotatable bonds is 5. The van der Waals surface area contributed by atoms with Crippen LogP contribution in [0.3, 0.4) is 0 Å². The average Bonchev–Trinajstić information content (AvgIpc) is 2.91. The fourth-order valence-electron chi connectivity index (χ4n) is 2.31. The van der Waals surface area contributed by atoms with Crippen molar-refractivity contribution < 1.29 is 22.3 Å². The van der Waals surface area contributed by atoms with Crippen LogP contribution in [0.5, 0.6) is 5.75 Å². The first kappa shape index (κ1) is 17.8. The Kier molecular flexibility index (Phi) is 4.85. The fraction of sp³-hybridized carbons (Fsp3) is 0.188. The molecule has 136 valence electrons. The molecule has 2 heterocycles. The third kappa shape index (κ3) is 3.64. The van der Waals surface area contributed by atoms with E-state index in [9.17, 15) is 17.6 Å². The highest BCUT2D eigenvalue weighted by molar-refractivity contribution is 7.90. The quantitative estimate of drug-likeness (QED) is 0.731. The van der Waals surface area contributed by atoms with E-state index in [1.807, 2.05) is 6.92 Å². The Hall–Kier alpha value is -3.01. The standard InChI is InChI=1S/C16H15FN4O4S/c1-2-6-11-9-10-13-18-14(17)15(21(13)19-11)26(23,24)20-16(22)25-12-7-4-3-5-8-12/h3-5,7-10H,2,6H2,1H3,(H,20,22). The molecule has 0 fully saturated rings. The lowest BCUT2D eigenvalue weighted by molar-refractivity contribution is 0.206. The van der Waals surface area contributed by atoms with Crippen LogP contribution in [0, 0.1) is 5.95 Å². The number of nitrogens with one attached hydrogen (secondary N) is 1. The predicted molar refractivity (Wildman–Crippen MR) is 89.7 cm³/mol. The predicted octanol–water partition coefficient (Wildman–Crippen LogP) is 2.30. The number of carbonyl (C=O) groups is 1. The first-order chi connectivity index (χ1) is 12.4. The van der Waals surface area contributed by atoms with Gasteiger partial charge in [0.1, 0.15) is 5.75 Å². The molecule has 2 aromatic heterocycles. The number of nitrogens with zero attached hydrogens (tertiary/aromatic N) is 3. The van der Waals surface area contributed by atoms with Gasteiger partial charge in [-0.3, -0.25) is 0 Å². The Labute approximate surface area is 148 Å². The average molecular weight is 378 g/mol. The van der Waals surface area contributed by atoms with E-state index in [-0.39, 0.29) is 11.4 Å². The number of halogens is 1. The third-order valence-corrected chi connectivity index (χ3v) is 4.67. The highest BCUT2D eigenvalue weighted by atomic mass is 32.2. The lowest BCUT2D eigenvalue weighted by atomic mass is 10.2. The van der Waals surface area contributed by atoms with Crippen LogP contribution >= 0.6 is 0 Å². The van der Waals surface area contributed by atoms with Crippen molar-refractivity contribution in [1.29, 1.82) is 0 Å². The van der Waals surface area contributed by atoms with Gasteiger partial charge in [0.05, 0.1) is 5.69 Å². The van der Waals surface area contributed by atoms with Crippen LogP contribution in [0.15, 0.2) is 47.5 Å². The van der Waals surface area contributed by atoms with Crippen molar-refractivity contribution in [3.8, 4) is 5.75 Å². The van der Waals surface area contributed by atoms with Gasteiger partial charge in [0.25, 0.3) is 16.0 Å². The molecular weight excluding hydrogens is 363 g/mol. The zero-order valence-corrected chi connectivity index (χ0v) is 14.5. The molecule has 0 aliphatic carbocycles. The first-order valence-electron chi connectivity index (χ1n) is 7.74. The van der Waals surface area contributed by atoms with E-state index in [2.05, 4.69) is 10.1 Å². The second-order valence-electron chi connectivity index (χ2n) is 5.36. The minimum Gasteiger partial charge on any atom is -0.410 e. The maximum Gasteiger partial charge on any atom is 0.426 e. The Morgan fingerprint density at radius 3 is 2.65 bits per heavy atom. The third-order valence-electron chi connectivity index (χ3n) is 3.38. The number of fused-ring (bicyclic) bond motifs is 1. The SMILES string of the molecule is CCCc1ccc2nc(F)c(S(=O)(=O)NC(=O)Oc3ccccc3)n2n1. The Balaban J connectivity index is 1.92. The van der Waals surface area contributed by atoms with Gasteiger partial charge in [-0.15, -0.1) is 0 Å². The van der Waals surface area contributed by atoms with Crippen LogP contribution < -0.4 is 9.46 Å². The van der Waals surface area contributed by atoms with Gasteiger partial charge in [-0.2, -0.15) is 27.4 Å². The number of aromatic nitrogens is 3. The van der Waals surface area contributed by atoms with E-state index >= 15 is 0 Å². The maximum absolute atomic E-state index is 14.2. The van der Waals surface area contributed by atoms with E-state index in [1.54, 1.807) is 29.0 Å². The number of sulfonamides is 1. The van der Waals surface area contributed by atoms with E-state index in [0.29, 0.717) is 12.1 Å². The summed E-state index contributed by atoms with van der Waals surface area (Å²) in [6.45, 7) is 1.93. The zero-order chi connectivity index (χ0) is 18.7. The molecule has 0 saturated carbocycles. The molecule has 1 aromatic carbocycles. The zero-order valence-electron chi connectivity index (χ0n) is 13.7. The van der Waals surface area contributed by atoms with Gasteiger partial charge >= 0.3 is 6.09 Å². The van der Waals surface area contributed by atoms with Crippen molar-refractivity contribution in [2.45, 2.75) is 24.8 Å². The molecule has 0 unspecified atom stereocenters. The maximum atomic E-state index is 14.2. The number of hydrogen-bond acceptors (Lipinski definition) is 6. The molecule has 0 atom stereocenters. The summed E-state index contributed by atoms with van der Waals surface area (Å²) in [4.78, 5) is 15.4. The molecule has 0 radical (unpaired) electrons. The van der Waals surface area contributed by atoms with E-state index < -0.39 is 27.1 Å². The lowest BCUT2D eigenvalue weighted by Crippen LogP contribution is -2.34. The molecule has 0 saturated heterocycles. The van der Waals surface area contributed by atoms with Crippen LogP contribution in [-0.2, 0) is 16.4 Å². The number of benzene rings is 1. The van der Waals surface area contributed by atoms with Gasteiger partial charge in [0.15, 0.2) is 5.65 Å². The van der Waals surface area contributed by atoms with Gasteiger partial charge in [-0.1, -0.05) is 31.5 Å². The highest BCUT2D eigenvalue weighted by Gasteiger charge is 2.29. The summed E-state index contributed by atoms with van der Waals surface area (Å²) in [7, 11) is -4.59. The molecular formula is C16H15FN4O4S. The van der Waals surface area contributed by atoms with Crippen LogP contribution in [0.2, 0.25) is 0 Å². The van der Waals surface area contributed by atoms with E-state index in [0.717, 1.165) is 10.9 Å². The summed E-state index contributed by atoms with van der Waals surface area (Å²) in [5, 5.41) is 3.23. The molecule has 3 aromatic rings. The van der Waals surface area contributed by atoms with Crippen molar-refractivity contribution in [2.75, 3.05) is 0 Å². The van der Waals surface area contributed by atoms with Gasteiger partial charge in [0, 0.05) is 0 Å². The Morgan fingerprint density at radius 2 is 1.96 bits per heavy atom. The minimum absolute atomic E-state index is 0.0131. The molecule has 0 spiro atoms. The largest absolute Gasteiger partial charge is 0.426 e. The topological polar surface area (TPSA) is 103 Å². The van der Waals surface area contributed by atoms with Crippen molar-refractivity contribution in [3.05, 3.63) is 54.1 Å². The van der Waals surface area contributed by atoms with Crippen molar-refractivity contribution in [2.24, 2.45) is 0 Å². The summed E-state index contributed by atoms with van der Waals surface area (Å²) in [6, 6.07) is 11.0. The van der Waals surface area contributed by atoms with Crippen molar-refractivity contribution in [1.82, 2.24) is 19.3 Å². The number of imidazole rings is 1. The van der Waals surface area contributed by atoms with Crippen LogP contribution in [0.4, 0.5) is 9.18 Å². The molecule has 10 heteroatoms. The molecule has 0 bridgehead atoms. The fourth-order valence-corrected chi connectivity index (χ4v) is 3.30. The number of carbonyl (C=O) groups excluding carboxylic acids is 1. The van der Waals surface area contributed by atoms with Crippen LogP contribution in [0.25, 0.3) is 5.65 Å². The first-order valence-corrected chi connectivity index (χ1v) is 9.23. The minimum atomic E-state index is -4.59. The summed E-state index contributed by atoms with van der Waals surface area (Å²) in [5.74, 6) is -1.12.